The summed E-state index contributed by atoms with van der Waals surface area (Å²) < 4.78 is 0. The minimum absolute atomic E-state index is 0.110. The molecule has 6 rings (SSSR count). The van der Waals surface area contributed by atoms with Crippen molar-refractivity contribution in [1.29, 1.82) is 0 Å². The van der Waals surface area contributed by atoms with E-state index in [1.807, 2.05) is 11.0 Å². The molecule has 1 aromatic rings. The van der Waals surface area contributed by atoms with Crippen LogP contribution in [0, 0.1) is 23.2 Å². The number of hydrogen-bond donors (Lipinski definition) is 1. The number of carbonyl (C=O) groups is 2. The lowest BCUT2D eigenvalue weighted by molar-refractivity contribution is -0.146. The molecule has 0 unspecified atom stereocenters. The Balaban J connectivity index is 1.05. The van der Waals surface area contributed by atoms with E-state index in [1.54, 1.807) is 0 Å². The zero-order valence-electron chi connectivity index (χ0n) is 18.0. The number of nitrogens with zero attached hydrogens (tertiary/aromatic N) is 2. The molecule has 1 N–H and O–H groups in total. The molecule has 5 aliphatic rings. The number of benzene rings is 1. The lowest BCUT2D eigenvalue weighted by atomic mass is 9.49. The van der Waals surface area contributed by atoms with Gasteiger partial charge in [-0.1, -0.05) is 30.3 Å². The molecule has 5 fully saturated rings. The normalized spacial score (nSPS) is 32.9. The molecule has 1 saturated heterocycles. The fourth-order valence-electron chi connectivity index (χ4n) is 7.01. The first-order valence-electron chi connectivity index (χ1n) is 11.9. The van der Waals surface area contributed by atoms with Gasteiger partial charge in [-0.25, -0.2) is 0 Å². The van der Waals surface area contributed by atoms with Gasteiger partial charge in [0, 0.05) is 51.1 Å². The zero-order valence-corrected chi connectivity index (χ0v) is 18.0. The number of carbonyl (C=O) groups excluding carboxylic acids is 2. The third-order valence-electron chi connectivity index (χ3n) is 8.12. The minimum atomic E-state index is -0.110. The van der Waals surface area contributed by atoms with Gasteiger partial charge in [0.2, 0.25) is 11.8 Å². The molecule has 2 amide bonds. The van der Waals surface area contributed by atoms with Gasteiger partial charge in [-0.15, -0.1) is 0 Å². The van der Waals surface area contributed by atoms with Gasteiger partial charge >= 0.3 is 0 Å². The number of piperazine rings is 1. The Bertz CT molecular complexity index is 735. The van der Waals surface area contributed by atoms with Crippen molar-refractivity contribution in [2.45, 2.75) is 51.5 Å². The molecular weight excluding hydrogens is 374 g/mol. The number of nitrogens with one attached hydrogen (secondary N) is 1. The van der Waals surface area contributed by atoms with Gasteiger partial charge in [-0.2, -0.15) is 0 Å². The second-order valence-corrected chi connectivity index (χ2v) is 10.3. The Hall–Kier alpha value is -1.88. The molecule has 30 heavy (non-hydrogen) atoms. The number of rotatable bonds is 6. The predicted molar refractivity (Wildman–Crippen MR) is 117 cm³/mol. The maximum Gasteiger partial charge on any atom is 0.226 e. The molecule has 5 heteroatoms. The van der Waals surface area contributed by atoms with E-state index in [0.29, 0.717) is 13.0 Å². The van der Waals surface area contributed by atoms with Crippen molar-refractivity contribution in [1.82, 2.24) is 15.1 Å². The van der Waals surface area contributed by atoms with Gasteiger partial charge in [-0.3, -0.25) is 14.5 Å². The highest BCUT2D eigenvalue weighted by Crippen LogP contribution is 2.60. The Morgan fingerprint density at radius 1 is 0.900 bits per heavy atom. The van der Waals surface area contributed by atoms with Crippen LogP contribution >= 0.6 is 0 Å². The van der Waals surface area contributed by atoms with E-state index in [0.717, 1.165) is 69.7 Å². The van der Waals surface area contributed by atoms with Crippen LogP contribution in [-0.2, 0) is 16.1 Å². The summed E-state index contributed by atoms with van der Waals surface area (Å²) in [5, 5.41) is 3.15. The zero-order chi connectivity index (χ0) is 20.6. The quantitative estimate of drug-likeness (QED) is 0.786. The molecule has 0 atom stereocenters. The number of hydrogen-bond acceptors (Lipinski definition) is 3. The van der Waals surface area contributed by atoms with Crippen molar-refractivity contribution in [3.63, 3.8) is 0 Å². The van der Waals surface area contributed by atoms with Crippen LogP contribution in [0.15, 0.2) is 30.3 Å². The van der Waals surface area contributed by atoms with Crippen LogP contribution in [0.4, 0.5) is 0 Å². The lowest BCUT2D eigenvalue weighted by Crippen LogP contribution is -2.54. The highest BCUT2D eigenvalue weighted by atomic mass is 16.2. The van der Waals surface area contributed by atoms with E-state index in [9.17, 15) is 9.59 Å². The Morgan fingerprint density at radius 3 is 2.10 bits per heavy atom. The second-order valence-electron chi connectivity index (χ2n) is 10.3. The smallest absolute Gasteiger partial charge is 0.226 e. The Labute approximate surface area is 180 Å². The average molecular weight is 410 g/mol. The third kappa shape index (κ3) is 4.14. The van der Waals surface area contributed by atoms with E-state index in [4.69, 9.17) is 0 Å². The SMILES string of the molecule is O=C(CCNC(=O)C12CC3CC(CC(C3)C1)C2)N1CCN(Cc2ccccc2)CC1. The molecule has 0 radical (unpaired) electrons. The van der Waals surface area contributed by atoms with Gasteiger partial charge in [0.25, 0.3) is 0 Å². The van der Waals surface area contributed by atoms with Crippen LogP contribution in [-0.4, -0.2) is 54.3 Å². The van der Waals surface area contributed by atoms with Crippen molar-refractivity contribution >= 4 is 11.8 Å². The topological polar surface area (TPSA) is 52.7 Å². The Kier molecular flexibility index (Phi) is 5.57. The molecule has 162 valence electrons. The molecule has 1 heterocycles. The predicted octanol–water partition coefficient (Wildman–Crippen LogP) is 3.05. The van der Waals surface area contributed by atoms with Gasteiger partial charge in [0.15, 0.2) is 0 Å². The van der Waals surface area contributed by atoms with E-state index in [1.165, 1.54) is 24.8 Å². The van der Waals surface area contributed by atoms with Crippen LogP contribution < -0.4 is 5.32 Å². The summed E-state index contributed by atoms with van der Waals surface area (Å²) in [6, 6.07) is 10.5. The van der Waals surface area contributed by atoms with E-state index in [2.05, 4.69) is 34.5 Å². The summed E-state index contributed by atoms with van der Waals surface area (Å²) in [5.74, 6) is 2.74. The first-order chi connectivity index (χ1) is 14.6. The summed E-state index contributed by atoms with van der Waals surface area (Å²) in [6.45, 7) is 4.84. The maximum atomic E-state index is 13.0. The largest absolute Gasteiger partial charge is 0.355 e. The van der Waals surface area contributed by atoms with Crippen molar-refractivity contribution in [3.8, 4) is 0 Å². The summed E-state index contributed by atoms with van der Waals surface area (Å²) in [4.78, 5) is 30.1. The summed E-state index contributed by atoms with van der Waals surface area (Å²) in [6.07, 6.45) is 7.73. The molecule has 0 spiro atoms. The van der Waals surface area contributed by atoms with Gasteiger partial charge < -0.3 is 10.2 Å². The minimum Gasteiger partial charge on any atom is -0.355 e. The highest BCUT2D eigenvalue weighted by molar-refractivity contribution is 5.84. The molecule has 0 aromatic heterocycles. The molecular formula is C25H35N3O2. The van der Waals surface area contributed by atoms with Gasteiger partial charge in [0.1, 0.15) is 0 Å². The van der Waals surface area contributed by atoms with Crippen LogP contribution in [0.1, 0.15) is 50.5 Å². The molecule has 4 bridgehead atoms. The monoisotopic (exact) mass is 409 g/mol. The fraction of sp³-hybridized carbons (Fsp3) is 0.680. The van der Waals surface area contributed by atoms with Gasteiger partial charge in [0.05, 0.1) is 0 Å². The maximum absolute atomic E-state index is 13.0. The van der Waals surface area contributed by atoms with Crippen molar-refractivity contribution in [2.75, 3.05) is 32.7 Å². The number of amides is 2. The molecule has 4 saturated carbocycles. The van der Waals surface area contributed by atoms with E-state index >= 15 is 0 Å². The van der Waals surface area contributed by atoms with Crippen molar-refractivity contribution < 1.29 is 9.59 Å². The van der Waals surface area contributed by atoms with Crippen LogP contribution in [0.5, 0.6) is 0 Å². The van der Waals surface area contributed by atoms with Crippen molar-refractivity contribution in [2.24, 2.45) is 23.2 Å². The van der Waals surface area contributed by atoms with Crippen LogP contribution in [0.2, 0.25) is 0 Å². The lowest BCUT2D eigenvalue weighted by Gasteiger charge is -2.55. The summed E-state index contributed by atoms with van der Waals surface area (Å²) >= 11 is 0. The Morgan fingerprint density at radius 2 is 1.50 bits per heavy atom. The first kappa shape index (κ1) is 20.0. The van der Waals surface area contributed by atoms with Gasteiger partial charge in [-0.05, 0) is 61.8 Å². The van der Waals surface area contributed by atoms with E-state index < -0.39 is 0 Å². The molecule has 4 aliphatic carbocycles. The molecule has 1 aromatic carbocycles. The van der Waals surface area contributed by atoms with Crippen LogP contribution in [0.3, 0.4) is 0 Å². The standard InChI is InChI=1S/C25H35N3O2/c29-23(28-10-8-27(9-11-28)18-19-4-2-1-3-5-19)6-7-26-24(30)25-15-20-12-21(16-25)14-22(13-20)17-25/h1-5,20-22H,6-18H2,(H,26,30). The average Bonchev–Trinajstić information content (AvgIpc) is 2.74. The summed E-state index contributed by atoms with van der Waals surface area (Å²) in [7, 11) is 0. The fourth-order valence-corrected chi connectivity index (χ4v) is 7.01. The second kappa shape index (κ2) is 8.33. The van der Waals surface area contributed by atoms with E-state index in [-0.39, 0.29) is 17.2 Å². The van der Waals surface area contributed by atoms with Crippen LogP contribution in [0.25, 0.3) is 0 Å². The van der Waals surface area contributed by atoms with Crippen molar-refractivity contribution in [3.05, 3.63) is 35.9 Å². The first-order valence-corrected chi connectivity index (χ1v) is 11.9. The molecule has 5 nitrogen and oxygen atoms in total. The highest BCUT2D eigenvalue weighted by Gasteiger charge is 2.54. The summed E-state index contributed by atoms with van der Waals surface area (Å²) in [5.41, 5.74) is 1.21. The third-order valence-corrected chi connectivity index (χ3v) is 8.12. The molecule has 1 aliphatic heterocycles.